The van der Waals surface area contributed by atoms with Crippen LogP contribution in [0.3, 0.4) is 0 Å². The monoisotopic (exact) mass is 317 g/mol. The molecule has 0 spiro atoms. The highest BCUT2D eigenvalue weighted by molar-refractivity contribution is 5.94. The lowest BCUT2D eigenvalue weighted by atomic mass is 9.98. The number of benzene rings is 1. The summed E-state index contributed by atoms with van der Waals surface area (Å²) in [5, 5.41) is 2.60. The Morgan fingerprint density at radius 2 is 1.87 bits per heavy atom. The van der Waals surface area contributed by atoms with Gasteiger partial charge < -0.3 is 16.0 Å². The fraction of sp³-hybridized carbons (Fsp3) is 0.188. The summed E-state index contributed by atoms with van der Waals surface area (Å²) in [6, 6.07) is 8.34. The summed E-state index contributed by atoms with van der Waals surface area (Å²) < 4.78 is 12.9. The van der Waals surface area contributed by atoms with Crippen LogP contribution in [0, 0.1) is 11.7 Å². The third-order valence-corrected chi connectivity index (χ3v) is 3.35. The number of hydrogen-bond acceptors (Lipinski definition) is 3. The molecule has 2 amide bonds. The van der Waals surface area contributed by atoms with Gasteiger partial charge in [-0.2, -0.15) is 0 Å². The van der Waals surface area contributed by atoms with Crippen LogP contribution >= 0.6 is 0 Å². The van der Waals surface area contributed by atoms with Crippen LogP contribution in [0.25, 0.3) is 0 Å². The highest BCUT2D eigenvalue weighted by Crippen LogP contribution is 2.10. The fourth-order valence-corrected chi connectivity index (χ4v) is 2.05. The average molecular weight is 317 g/mol. The van der Waals surface area contributed by atoms with Crippen LogP contribution in [-0.2, 0) is 11.2 Å². The fourth-order valence-electron chi connectivity index (χ4n) is 2.05. The molecule has 4 N–H and O–H groups in total. The van der Waals surface area contributed by atoms with Crippen molar-refractivity contribution in [3.8, 4) is 0 Å². The van der Waals surface area contributed by atoms with Gasteiger partial charge in [-0.1, -0.05) is 12.1 Å². The number of nitrogens with one attached hydrogen (secondary N) is 2. The zero-order chi connectivity index (χ0) is 16.8. The van der Waals surface area contributed by atoms with E-state index >= 15 is 0 Å². The van der Waals surface area contributed by atoms with Crippen molar-refractivity contribution in [1.29, 1.82) is 0 Å². The minimum atomic E-state index is -0.618. The van der Waals surface area contributed by atoms with Crippen LogP contribution in [0.5, 0.6) is 0 Å². The van der Waals surface area contributed by atoms with E-state index in [0.717, 1.165) is 5.56 Å². The Hall–Kier alpha value is -2.96. The van der Waals surface area contributed by atoms with Crippen molar-refractivity contribution in [2.75, 3.05) is 6.54 Å². The number of carbonyl (C=O) groups is 2. The second kappa shape index (κ2) is 7.35. The number of aromatic nitrogens is 1. The first-order chi connectivity index (χ1) is 11.0. The first-order valence-corrected chi connectivity index (χ1v) is 6.96. The van der Waals surface area contributed by atoms with Gasteiger partial charge in [0.15, 0.2) is 0 Å². The van der Waals surface area contributed by atoms with Crippen molar-refractivity contribution < 1.29 is 14.0 Å². The molecular formula is C16H16FN3O3. The molecule has 1 heterocycles. The average Bonchev–Trinajstić information content (AvgIpc) is 2.53. The molecule has 0 bridgehead atoms. The van der Waals surface area contributed by atoms with E-state index in [2.05, 4.69) is 10.3 Å². The van der Waals surface area contributed by atoms with Gasteiger partial charge in [-0.15, -0.1) is 0 Å². The van der Waals surface area contributed by atoms with Crippen molar-refractivity contribution in [1.82, 2.24) is 10.3 Å². The molecule has 0 saturated heterocycles. The standard InChI is InChI=1S/C16H16FN3O3/c17-13-4-1-10(2-5-13)7-12(15(18)22)9-20-16(23)11-3-6-14(21)19-8-11/h1-6,8,12H,7,9H2,(H2,18,22)(H,19,21)(H,20,23)/t12-/m0/s1. The van der Waals surface area contributed by atoms with Gasteiger partial charge >= 0.3 is 0 Å². The number of aromatic amines is 1. The number of H-pyrrole nitrogens is 1. The molecular weight excluding hydrogens is 301 g/mol. The van der Waals surface area contributed by atoms with E-state index < -0.39 is 17.7 Å². The van der Waals surface area contributed by atoms with Gasteiger partial charge in [0.25, 0.3) is 5.91 Å². The summed E-state index contributed by atoms with van der Waals surface area (Å²) in [5.41, 5.74) is 6.05. The number of rotatable bonds is 6. The van der Waals surface area contributed by atoms with E-state index in [1.165, 1.54) is 30.5 Å². The highest BCUT2D eigenvalue weighted by Gasteiger charge is 2.17. The summed E-state index contributed by atoms with van der Waals surface area (Å²) in [6.45, 7) is 0.0463. The maximum Gasteiger partial charge on any atom is 0.252 e. The summed E-state index contributed by atoms with van der Waals surface area (Å²) >= 11 is 0. The quantitative estimate of drug-likeness (QED) is 0.726. The minimum Gasteiger partial charge on any atom is -0.369 e. The molecule has 0 aliphatic rings. The van der Waals surface area contributed by atoms with E-state index in [4.69, 9.17) is 5.73 Å². The molecule has 2 aromatic rings. The maximum absolute atomic E-state index is 12.9. The molecule has 0 radical (unpaired) electrons. The van der Waals surface area contributed by atoms with Crippen LogP contribution in [0.4, 0.5) is 4.39 Å². The Kier molecular flexibility index (Phi) is 5.24. The van der Waals surface area contributed by atoms with Gasteiger partial charge in [-0.3, -0.25) is 14.4 Å². The molecule has 0 unspecified atom stereocenters. The molecule has 1 aromatic carbocycles. The number of nitrogens with two attached hydrogens (primary N) is 1. The zero-order valence-corrected chi connectivity index (χ0v) is 12.2. The Balaban J connectivity index is 1.98. The van der Waals surface area contributed by atoms with Gasteiger partial charge in [0.05, 0.1) is 11.5 Å². The van der Waals surface area contributed by atoms with Crippen LogP contribution in [0.1, 0.15) is 15.9 Å². The van der Waals surface area contributed by atoms with Crippen molar-refractivity contribution in [3.05, 3.63) is 69.9 Å². The largest absolute Gasteiger partial charge is 0.369 e. The molecule has 6 nitrogen and oxygen atoms in total. The zero-order valence-electron chi connectivity index (χ0n) is 12.2. The van der Waals surface area contributed by atoms with E-state index in [0.29, 0.717) is 6.42 Å². The topological polar surface area (TPSA) is 105 Å². The number of carbonyl (C=O) groups excluding carboxylic acids is 2. The minimum absolute atomic E-state index is 0.0463. The van der Waals surface area contributed by atoms with Gasteiger partial charge in [0, 0.05) is 18.8 Å². The van der Waals surface area contributed by atoms with Crippen molar-refractivity contribution in [2.45, 2.75) is 6.42 Å². The van der Waals surface area contributed by atoms with E-state index in [9.17, 15) is 18.8 Å². The van der Waals surface area contributed by atoms with E-state index in [-0.39, 0.29) is 23.5 Å². The lowest BCUT2D eigenvalue weighted by molar-refractivity contribution is -0.121. The van der Waals surface area contributed by atoms with Gasteiger partial charge in [-0.05, 0) is 30.2 Å². The molecule has 7 heteroatoms. The third kappa shape index (κ3) is 4.77. The van der Waals surface area contributed by atoms with Gasteiger partial charge in [0.2, 0.25) is 11.5 Å². The summed E-state index contributed by atoms with van der Waals surface area (Å²) in [7, 11) is 0. The lowest BCUT2D eigenvalue weighted by Gasteiger charge is -2.14. The number of hydrogen-bond donors (Lipinski definition) is 3. The first kappa shape index (κ1) is 16.4. The molecule has 120 valence electrons. The molecule has 0 aliphatic heterocycles. The third-order valence-electron chi connectivity index (χ3n) is 3.35. The Morgan fingerprint density at radius 1 is 1.17 bits per heavy atom. The van der Waals surface area contributed by atoms with Crippen LogP contribution in [-0.4, -0.2) is 23.3 Å². The molecule has 1 atom stereocenters. The lowest BCUT2D eigenvalue weighted by Crippen LogP contribution is -2.37. The molecule has 1 aromatic heterocycles. The van der Waals surface area contributed by atoms with Gasteiger partial charge in [0.1, 0.15) is 5.82 Å². The second-order valence-electron chi connectivity index (χ2n) is 5.08. The molecule has 23 heavy (non-hydrogen) atoms. The van der Waals surface area contributed by atoms with Crippen molar-refractivity contribution >= 4 is 11.8 Å². The predicted molar refractivity (Wildman–Crippen MR) is 82.2 cm³/mol. The molecule has 0 saturated carbocycles. The van der Waals surface area contributed by atoms with Crippen LogP contribution in [0.2, 0.25) is 0 Å². The molecule has 0 aliphatic carbocycles. The number of halogens is 1. The van der Waals surface area contributed by atoms with Crippen LogP contribution in [0.15, 0.2) is 47.4 Å². The summed E-state index contributed by atoms with van der Waals surface area (Å²) in [4.78, 5) is 36.8. The number of primary amides is 1. The molecule has 2 rings (SSSR count). The van der Waals surface area contributed by atoms with Crippen LogP contribution < -0.4 is 16.6 Å². The van der Waals surface area contributed by atoms with Crippen molar-refractivity contribution in [2.24, 2.45) is 11.7 Å². The van der Waals surface area contributed by atoms with E-state index in [1.807, 2.05) is 0 Å². The number of amides is 2. The maximum atomic E-state index is 12.9. The summed E-state index contributed by atoms with van der Waals surface area (Å²) in [5.74, 6) is -1.97. The Bertz CT molecular complexity index is 735. The van der Waals surface area contributed by atoms with Crippen molar-refractivity contribution in [3.63, 3.8) is 0 Å². The second-order valence-corrected chi connectivity index (χ2v) is 5.08. The Morgan fingerprint density at radius 3 is 2.43 bits per heavy atom. The highest BCUT2D eigenvalue weighted by atomic mass is 19.1. The normalized spacial score (nSPS) is 11.7. The van der Waals surface area contributed by atoms with E-state index in [1.54, 1.807) is 12.1 Å². The Labute approximate surface area is 131 Å². The predicted octanol–water partition coefficient (Wildman–Crippen LogP) is 0.588. The first-order valence-electron chi connectivity index (χ1n) is 6.96. The SMILES string of the molecule is NC(=O)[C@H](CNC(=O)c1ccc(=O)[nH]c1)Cc1ccc(F)cc1. The molecule has 0 fully saturated rings. The number of pyridine rings is 1. The van der Waals surface area contributed by atoms with Gasteiger partial charge in [-0.25, -0.2) is 4.39 Å². The smallest absolute Gasteiger partial charge is 0.252 e. The summed E-state index contributed by atoms with van der Waals surface area (Å²) in [6.07, 6.45) is 1.58.